The number of aryl methyl sites for hydroxylation is 1. The Morgan fingerprint density at radius 2 is 0.875 bits per heavy atom. The summed E-state index contributed by atoms with van der Waals surface area (Å²) < 4.78 is 0. The van der Waals surface area contributed by atoms with Gasteiger partial charge in [-0.05, 0) is 100 Å². The molecule has 8 aromatic carbocycles. The van der Waals surface area contributed by atoms with Crippen LogP contribution in [0, 0.1) is 0 Å². The van der Waals surface area contributed by atoms with Crippen molar-refractivity contribution in [2.24, 2.45) is 0 Å². The fourth-order valence-corrected chi connectivity index (χ4v) is 6.92. The Hall–Kier alpha value is -4.94. The molecule has 8 rings (SSSR count). The second-order valence-electron chi connectivity index (χ2n) is 10.7. The molecular formula is C40H28. The molecule has 0 bridgehead atoms. The highest BCUT2D eigenvalue weighted by Gasteiger charge is 2.19. The van der Waals surface area contributed by atoms with Crippen molar-refractivity contribution in [3.8, 4) is 22.3 Å². The van der Waals surface area contributed by atoms with Crippen molar-refractivity contribution in [3.05, 3.63) is 145 Å². The van der Waals surface area contributed by atoms with E-state index in [0.29, 0.717) is 0 Å². The molecule has 188 valence electrons. The standard InChI is InChI=1S/C40H28/c1-2-28-29-17-7-6-16-27(29)24-36-30-18-8-9-19-31(30)38(25-37(28)36)40-34-22-12-10-20-32(34)39(26-14-4-3-5-15-26)33-21-11-13-23-35(33)40/h3-25H,2H2,1H3. The number of benzene rings is 8. The van der Waals surface area contributed by atoms with Gasteiger partial charge in [-0.2, -0.15) is 0 Å². The van der Waals surface area contributed by atoms with E-state index in [1.165, 1.54) is 81.7 Å². The molecule has 0 spiro atoms. The monoisotopic (exact) mass is 508 g/mol. The molecule has 0 saturated heterocycles. The van der Waals surface area contributed by atoms with Gasteiger partial charge in [0.2, 0.25) is 0 Å². The number of hydrogen-bond acceptors (Lipinski definition) is 0. The normalized spacial score (nSPS) is 11.7. The average Bonchev–Trinajstić information content (AvgIpc) is 3.02. The van der Waals surface area contributed by atoms with Gasteiger partial charge >= 0.3 is 0 Å². The van der Waals surface area contributed by atoms with Gasteiger partial charge in [-0.1, -0.05) is 134 Å². The minimum Gasteiger partial charge on any atom is -0.0622 e. The van der Waals surface area contributed by atoms with E-state index in [2.05, 4.69) is 146 Å². The molecule has 40 heavy (non-hydrogen) atoms. The maximum absolute atomic E-state index is 2.49. The summed E-state index contributed by atoms with van der Waals surface area (Å²) >= 11 is 0. The average molecular weight is 509 g/mol. The van der Waals surface area contributed by atoms with E-state index < -0.39 is 0 Å². The zero-order valence-electron chi connectivity index (χ0n) is 22.5. The number of fused-ring (bicyclic) bond motifs is 6. The lowest BCUT2D eigenvalue weighted by atomic mass is 9.83. The van der Waals surface area contributed by atoms with Gasteiger partial charge in [0, 0.05) is 0 Å². The summed E-state index contributed by atoms with van der Waals surface area (Å²) in [5, 5.41) is 13.2. The van der Waals surface area contributed by atoms with Gasteiger partial charge in [-0.3, -0.25) is 0 Å². The van der Waals surface area contributed by atoms with Crippen LogP contribution < -0.4 is 0 Å². The fourth-order valence-electron chi connectivity index (χ4n) is 6.92. The molecule has 0 fully saturated rings. The Bertz CT molecular complexity index is 2180. The maximum Gasteiger partial charge on any atom is -0.00199 e. The van der Waals surface area contributed by atoms with Crippen molar-refractivity contribution in [1.29, 1.82) is 0 Å². The Balaban J connectivity index is 1.60. The topological polar surface area (TPSA) is 0 Å². The van der Waals surface area contributed by atoms with E-state index in [1.807, 2.05) is 0 Å². The maximum atomic E-state index is 2.49. The highest BCUT2D eigenvalue weighted by atomic mass is 14.2. The quantitative estimate of drug-likeness (QED) is 0.164. The summed E-state index contributed by atoms with van der Waals surface area (Å²) in [4.78, 5) is 0. The van der Waals surface area contributed by atoms with Crippen LogP contribution in [0.25, 0.3) is 76.1 Å². The van der Waals surface area contributed by atoms with Crippen molar-refractivity contribution in [3.63, 3.8) is 0 Å². The zero-order chi connectivity index (χ0) is 26.6. The molecule has 0 N–H and O–H groups in total. The first kappa shape index (κ1) is 23.0. The fraction of sp³-hybridized carbons (Fsp3) is 0.0500. The van der Waals surface area contributed by atoms with Crippen molar-refractivity contribution in [2.75, 3.05) is 0 Å². The first-order valence-corrected chi connectivity index (χ1v) is 14.2. The molecule has 0 nitrogen and oxygen atoms in total. The molecule has 0 aromatic heterocycles. The number of hydrogen-bond donors (Lipinski definition) is 0. The van der Waals surface area contributed by atoms with Crippen molar-refractivity contribution < 1.29 is 0 Å². The third-order valence-electron chi connectivity index (χ3n) is 8.61. The minimum absolute atomic E-state index is 0.990. The minimum atomic E-state index is 0.990. The van der Waals surface area contributed by atoms with E-state index in [4.69, 9.17) is 0 Å². The first-order valence-electron chi connectivity index (χ1n) is 14.2. The van der Waals surface area contributed by atoms with Crippen molar-refractivity contribution in [2.45, 2.75) is 13.3 Å². The van der Waals surface area contributed by atoms with Gasteiger partial charge in [0.05, 0.1) is 0 Å². The summed E-state index contributed by atoms with van der Waals surface area (Å²) in [5.41, 5.74) is 6.61. The summed E-state index contributed by atoms with van der Waals surface area (Å²) in [6.45, 7) is 2.29. The second-order valence-corrected chi connectivity index (χ2v) is 10.7. The highest BCUT2D eigenvalue weighted by Crippen LogP contribution is 2.47. The molecule has 0 amide bonds. The molecule has 0 radical (unpaired) electrons. The summed E-state index contributed by atoms with van der Waals surface area (Å²) in [6, 6.07) is 51.5. The van der Waals surface area contributed by atoms with Gasteiger partial charge in [0.15, 0.2) is 0 Å². The first-order chi connectivity index (χ1) is 19.8. The van der Waals surface area contributed by atoms with Crippen LogP contribution >= 0.6 is 0 Å². The van der Waals surface area contributed by atoms with Gasteiger partial charge in [-0.25, -0.2) is 0 Å². The lowest BCUT2D eigenvalue weighted by Crippen LogP contribution is -1.94. The molecular weight excluding hydrogens is 480 g/mol. The second kappa shape index (κ2) is 9.07. The van der Waals surface area contributed by atoms with Gasteiger partial charge in [-0.15, -0.1) is 0 Å². The Labute approximate surface area is 234 Å². The summed E-state index contributed by atoms with van der Waals surface area (Å²) in [6.07, 6.45) is 0.990. The molecule has 0 aliphatic heterocycles. The number of rotatable bonds is 3. The van der Waals surface area contributed by atoms with E-state index in [1.54, 1.807) is 0 Å². The predicted octanol–water partition coefficient (Wildman–Crippen LogP) is 11.3. The van der Waals surface area contributed by atoms with Crippen LogP contribution in [0.5, 0.6) is 0 Å². The van der Waals surface area contributed by atoms with E-state index in [0.717, 1.165) is 6.42 Å². The Morgan fingerprint density at radius 3 is 1.50 bits per heavy atom. The van der Waals surface area contributed by atoms with E-state index in [9.17, 15) is 0 Å². The molecule has 0 heterocycles. The summed E-state index contributed by atoms with van der Waals surface area (Å²) in [5.74, 6) is 0. The predicted molar refractivity (Wildman–Crippen MR) is 174 cm³/mol. The summed E-state index contributed by atoms with van der Waals surface area (Å²) in [7, 11) is 0. The van der Waals surface area contributed by atoms with Crippen LogP contribution in [0.3, 0.4) is 0 Å². The van der Waals surface area contributed by atoms with Gasteiger partial charge in [0.1, 0.15) is 0 Å². The highest BCUT2D eigenvalue weighted by molar-refractivity contribution is 6.26. The Morgan fingerprint density at radius 1 is 0.375 bits per heavy atom. The largest absolute Gasteiger partial charge is 0.0622 e. The van der Waals surface area contributed by atoms with Crippen LogP contribution in [-0.4, -0.2) is 0 Å². The molecule has 0 unspecified atom stereocenters. The smallest absolute Gasteiger partial charge is 0.00199 e. The molecule has 0 atom stereocenters. The zero-order valence-corrected chi connectivity index (χ0v) is 22.5. The van der Waals surface area contributed by atoms with Crippen LogP contribution in [0.2, 0.25) is 0 Å². The molecule has 8 aromatic rings. The molecule has 0 aliphatic carbocycles. The lowest BCUT2D eigenvalue weighted by molar-refractivity contribution is 1.18. The van der Waals surface area contributed by atoms with E-state index in [-0.39, 0.29) is 0 Å². The third kappa shape index (κ3) is 3.33. The van der Waals surface area contributed by atoms with Crippen LogP contribution in [0.15, 0.2) is 140 Å². The lowest BCUT2D eigenvalue weighted by Gasteiger charge is -2.20. The molecule has 0 heteroatoms. The van der Waals surface area contributed by atoms with Crippen molar-refractivity contribution >= 4 is 53.9 Å². The SMILES string of the molecule is CCc1c2ccccc2cc2c1cc(-c1c3ccccc3c(-c3ccccc3)c3ccccc13)c1ccccc12. The van der Waals surface area contributed by atoms with Gasteiger partial charge in [0.25, 0.3) is 0 Å². The molecule has 0 aliphatic rings. The van der Waals surface area contributed by atoms with Crippen molar-refractivity contribution in [1.82, 2.24) is 0 Å². The van der Waals surface area contributed by atoms with Crippen LogP contribution in [-0.2, 0) is 6.42 Å². The van der Waals surface area contributed by atoms with Gasteiger partial charge < -0.3 is 0 Å². The van der Waals surface area contributed by atoms with Crippen LogP contribution in [0.4, 0.5) is 0 Å². The Kier molecular flexibility index (Phi) is 5.21. The third-order valence-corrected chi connectivity index (χ3v) is 8.61. The van der Waals surface area contributed by atoms with Crippen LogP contribution in [0.1, 0.15) is 12.5 Å². The van der Waals surface area contributed by atoms with E-state index >= 15 is 0 Å². The molecule has 0 saturated carbocycles.